The number of pyridine rings is 1. The Labute approximate surface area is 159 Å². The molecule has 0 spiro atoms. The molecule has 5 nitrogen and oxygen atoms in total. The van der Waals surface area contributed by atoms with Crippen molar-refractivity contribution in [3.8, 4) is 5.69 Å². The molecule has 1 N–H and O–H groups in total. The van der Waals surface area contributed by atoms with Crippen molar-refractivity contribution in [2.45, 2.75) is 45.6 Å². The summed E-state index contributed by atoms with van der Waals surface area (Å²) in [4.78, 5) is 17.1. The maximum Gasteiger partial charge on any atom is 0.255 e. The fourth-order valence-corrected chi connectivity index (χ4v) is 3.36. The Morgan fingerprint density at radius 3 is 2.48 bits per heavy atom. The molecule has 1 saturated carbocycles. The number of aryl methyl sites for hydroxylation is 1. The van der Waals surface area contributed by atoms with Gasteiger partial charge in [0.2, 0.25) is 0 Å². The number of rotatable bonds is 6. The molecule has 0 radical (unpaired) electrons. The maximum absolute atomic E-state index is 13.1. The van der Waals surface area contributed by atoms with E-state index in [-0.39, 0.29) is 5.91 Å². The van der Waals surface area contributed by atoms with Crippen LogP contribution in [0.25, 0.3) is 5.69 Å². The lowest BCUT2D eigenvalue weighted by molar-refractivity contribution is 0.0949. The molecule has 2 aromatic heterocycles. The van der Waals surface area contributed by atoms with Crippen molar-refractivity contribution in [1.29, 1.82) is 0 Å². The van der Waals surface area contributed by atoms with Gasteiger partial charge in [0.25, 0.3) is 5.91 Å². The zero-order chi connectivity index (χ0) is 18.8. The second kappa shape index (κ2) is 7.35. The Morgan fingerprint density at radius 2 is 1.85 bits per heavy atom. The van der Waals surface area contributed by atoms with Gasteiger partial charge in [0, 0.05) is 24.9 Å². The van der Waals surface area contributed by atoms with Crippen molar-refractivity contribution in [2.75, 3.05) is 0 Å². The van der Waals surface area contributed by atoms with Crippen LogP contribution in [0.2, 0.25) is 0 Å². The van der Waals surface area contributed by atoms with Crippen LogP contribution in [0.4, 0.5) is 0 Å². The fraction of sp³-hybridized carbons (Fsp3) is 0.318. The summed E-state index contributed by atoms with van der Waals surface area (Å²) in [5.74, 6) is 0.368. The number of carbonyl (C=O) groups is 1. The highest BCUT2D eigenvalue weighted by atomic mass is 16.1. The molecule has 5 heteroatoms. The predicted molar refractivity (Wildman–Crippen MR) is 105 cm³/mol. The van der Waals surface area contributed by atoms with E-state index in [1.54, 1.807) is 12.4 Å². The van der Waals surface area contributed by atoms with Crippen LogP contribution in [0.5, 0.6) is 0 Å². The lowest BCUT2D eigenvalue weighted by atomic mass is 10.1. The Hall–Kier alpha value is -2.95. The number of hydrogen-bond acceptors (Lipinski definition) is 3. The van der Waals surface area contributed by atoms with Crippen LogP contribution >= 0.6 is 0 Å². The van der Waals surface area contributed by atoms with Crippen molar-refractivity contribution in [3.05, 3.63) is 76.9 Å². The van der Waals surface area contributed by atoms with Crippen molar-refractivity contribution in [1.82, 2.24) is 20.1 Å². The van der Waals surface area contributed by atoms with E-state index in [2.05, 4.69) is 48.4 Å². The number of hydrogen-bond donors (Lipinski definition) is 1. The summed E-state index contributed by atoms with van der Waals surface area (Å²) in [5.41, 5.74) is 5.94. The van der Waals surface area contributed by atoms with Gasteiger partial charge in [-0.3, -0.25) is 9.78 Å². The highest BCUT2D eigenvalue weighted by molar-refractivity contribution is 5.97. The molecule has 1 amide bonds. The normalized spacial score (nSPS) is 13.6. The van der Waals surface area contributed by atoms with E-state index in [0.717, 1.165) is 47.5 Å². The standard InChI is InChI=1S/C22H24N4O/c1-3-19-20(22(27)24-14-16-10-12-23-13-11-16)21(17-6-7-17)25-26(19)18-8-4-15(2)5-9-18/h4-5,8-13,17H,3,6-7,14H2,1-2H3,(H,24,27). The molecule has 3 aromatic rings. The van der Waals surface area contributed by atoms with E-state index in [1.807, 2.05) is 16.8 Å². The van der Waals surface area contributed by atoms with Gasteiger partial charge in [-0.25, -0.2) is 4.68 Å². The second-order valence-corrected chi connectivity index (χ2v) is 7.12. The van der Waals surface area contributed by atoms with Crippen LogP contribution in [0.3, 0.4) is 0 Å². The molecular weight excluding hydrogens is 336 g/mol. The van der Waals surface area contributed by atoms with Gasteiger partial charge >= 0.3 is 0 Å². The average Bonchev–Trinajstić information content (AvgIpc) is 3.47. The number of carbonyl (C=O) groups excluding carboxylic acids is 1. The molecule has 0 bridgehead atoms. The largest absolute Gasteiger partial charge is 0.348 e. The first-order valence-corrected chi connectivity index (χ1v) is 9.53. The van der Waals surface area contributed by atoms with E-state index in [9.17, 15) is 4.79 Å². The van der Waals surface area contributed by atoms with Crippen LogP contribution in [0.15, 0.2) is 48.8 Å². The summed E-state index contributed by atoms with van der Waals surface area (Å²) >= 11 is 0. The number of amides is 1. The summed E-state index contributed by atoms with van der Waals surface area (Å²) in [5, 5.41) is 7.93. The van der Waals surface area contributed by atoms with Gasteiger partial charge in [-0.2, -0.15) is 5.10 Å². The number of benzene rings is 1. The zero-order valence-corrected chi connectivity index (χ0v) is 15.8. The molecule has 4 rings (SSSR count). The molecule has 0 aliphatic heterocycles. The first-order chi connectivity index (χ1) is 13.2. The third-order valence-corrected chi connectivity index (χ3v) is 5.02. The summed E-state index contributed by atoms with van der Waals surface area (Å²) in [6, 6.07) is 12.1. The van der Waals surface area contributed by atoms with Gasteiger partial charge < -0.3 is 5.32 Å². The molecule has 1 fully saturated rings. The number of nitrogens with zero attached hydrogens (tertiary/aromatic N) is 3. The maximum atomic E-state index is 13.1. The Kier molecular flexibility index (Phi) is 4.75. The van der Waals surface area contributed by atoms with Crippen LogP contribution in [0.1, 0.15) is 58.6 Å². The predicted octanol–water partition coefficient (Wildman–Crippen LogP) is 3.95. The molecule has 1 aliphatic rings. The van der Waals surface area contributed by atoms with E-state index in [0.29, 0.717) is 12.5 Å². The van der Waals surface area contributed by atoms with Crippen LogP contribution in [0, 0.1) is 6.92 Å². The van der Waals surface area contributed by atoms with E-state index in [1.165, 1.54) is 5.56 Å². The quantitative estimate of drug-likeness (QED) is 0.724. The summed E-state index contributed by atoms with van der Waals surface area (Å²) < 4.78 is 1.95. The zero-order valence-electron chi connectivity index (χ0n) is 15.8. The van der Waals surface area contributed by atoms with Gasteiger partial charge in [0.05, 0.1) is 22.6 Å². The molecule has 1 aromatic carbocycles. The minimum absolute atomic E-state index is 0.0380. The first-order valence-electron chi connectivity index (χ1n) is 9.53. The number of aromatic nitrogens is 3. The molecule has 0 unspecified atom stereocenters. The van der Waals surface area contributed by atoms with Crippen LogP contribution in [-0.4, -0.2) is 20.7 Å². The first kappa shape index (κ1) is 17.5. The molecule has 0 saturated heterocycles. The Bertz CT molecular complexity index is 940. The summed E-state index contributed by atoms with van der Waals surface area (Å²) in [6.07, 6.45) is 6.46. The highest BCUT2D eigenvalue weighted by Crippen LogP contribution is 2.42. The van der Waals surface area contributed by atoms with Crippen molar-refractivity contribution in [2.24, 2.45) is 0 Å². The second-order valence-electron chi connectivity index (χ2n) is 7.12. The van der Waals surface area contributed by atoms with Gasteiger partial charge in [-0.1, -0.05) is 24.6 Å². The van der Waals surface area contributed by atoms with Gasteiger partial charge in [0.1, 0.15) is 0 Å². The molecule has 1 aliphatic carbocycles. The fourth-order valence-electron chi connectivity index (χ4n) is 3.36. The Morgan fingerprint density at radius 1 is 1.15 bits per heavy atom. The van der Waals surface area contributed by atoms with Crippen molar-refractivity contribution < 1.29 is 4.79 Å². The van der Waals surface area contributed by atoms with Crippen LogP contribution < -0.4 is 5.32 Å². The molecule has 138 valence electrons. The molecule has 27 heavy (non-hydrogen) atoms. The van der Waals surface area contributed by atoms with E-state index >= 15 is 0 Å². The lowest BCUT2D eigenvalue weighted by Gasteiger charge is -2.09. The summed E-state index contributed by atoms with van der Waals surface area (Å²) in [7, 11) is 0. The SMILES string of the molecule is CCc1c(C(=O)NCc2ccncc2)c(C2CC2)nn1-c1ccc(C)cc1. The van der Waals surface area contributed by atoms with Crippen LogP contribution in [-0.2, 0) is 13.0 Å². The highest BCUT2D eigenvalue weighted by Gasteiger charge is 2.34. The molecular formula is C22H24N4O. The summed E-state index contributed by atoms with van der Waals surface area (Å²) in [6.45, 7) is 4.64. The van der Waals surface area contributed by atoms with E-state index in [4.69, 9.17) is 5.10 Å². The average molecular weight is 360 g/mol. The smallest absolute Gasteiger partial charge is 0.255 e. The molecule has 0 atom stereocenters. The van der Waals surface area contributed by atoms with Gasteiger partial charge in [-0.15, -0.1) is 0 Å². The van der Waals surface area contributed by atoms with Crippen molar-refractivity contribution >= 4 is 5.91 Å². The van der Waals surface area contributed by atoms with E-state index < -0.39 is 0 Å². The topological polar surface area (TPSA) is 59.8 Å². The molecule has 2 heterocycles. The minimum atomic E-state index is -0.0380. The Balaban J connectivity index is 1.68. The lowest BCUT2D eigenvalue weighted by Crippen LogP contribution is -2.24. The monoisotopic (exact) mass is 360 g/mol. The van der Waals surface area contributed by atoms with Gasteiger partial charge in [0.15, 0.2) is 0 Å². The van der Waals surface area contributed by atoms with Crippen molar-refractivity contribution in [3.63, 3.8) is 0 Å². The van der Waals surface area contributed by atoms with Gasteiger partial charge in [-0.05, 0) is 56.0 Å². The third kappa shape index (κ3) is 3.63. The number of nitrogens with one attached hydrogen (secondary N) is 1. The minimum Gasteiger partial charge on any atom is -0.348 e. The third-order valence-electron chi connectivity index (χ3n) is 5.02.